The summed E-state index contributed by atoms with van der Waals surface area (Å²) in [4.78, 5) is 0. The molecule has 0 radical (unpaired) electrons. The van der Waals surface area contributed by atoms with E-state index in [9.17, 15) is 0 Å². The topological polar surface area (TPSA) is 14.8 Å². The summed E-state index contributed by atoms with van der Waals surface area (Å²) >= 11 is 0. The van der Waals surface area contributed by atoms with Gasteiger partial charge in [-0.15, -0.1) is 0 Å². The maximum absolute atomic E-state index is 2.69. The minimum absolute atomic E-state index is 0.00783. The number of benzene rings is 10. The van der Waals surface area contributed by atoms with Crippen LogP contribution >= 0.6 is 0 Å². The van der Waals surface area contributed by atoms with Crippen molar-refractivity contribution in [2.45, 2.75) is 52.4 Å². The van der Waals surface area contributed by atoms with Crippen molar-refractivity contribution in [3.63, 3.8) is 0 Å². The normalized spacial score (nSPS) is 13.7. The van der Waals surface area contributed by atoms with E-state index >= 15 is 0 Å². The zero-order valence-corrected chi connectivity index (χ0v) is 39.1. The van der Waals surface area contributed by atoms with Crippen molar-refractivity contribution in [2.24, 2.45) is 0 Å². The Labute approximate surface area is 394 Å². The molecule has 0 N–H and O–H groups in total. The zero-order valence-electron chi connectivity index (χ0n) is 39.1. The predicted molar refractivity (Wildman–Crippen MR) is 291 cm³/mol. The second-order valence-corrected chi connectivity index (χ2v) is 22.1. The highest BCUT2D eigenvalue weighted by atomic mass is 15.1. The highest BCUT2D eigenvalue weighted by molar-refractivity contribution is 7.00. The summed E-state index contributed by atoms with van der Waals surface area (Å²) < 4.78 is 7.91. The number of nitrogens with zero attached hydrogens (tertiary/aromatic N) is 3. The Morgan fingerprint density at radius 2 is 0.912 bits per heavy atom. The number of hydrogen-bond donors (Lipinski definition) is 0. The van der Waals surface area contributed by atoms with Crippen LogP contribution in [0.15, 0.2) is 170 Å². The maximum atomic E-state index is 2.69. The molecule has 320 valence electrons. The fourth-order valence-electron chi connectivity index (χ4n) is 13.4. The second kappa shape index (κ2) is 12.2. The summed E-state index contributed by atoms with van der Waals surface area (Å²) in [6.45, 7) is 14.0. The average Bonchev–Trinajstić information content (AvgIpc) is 3.97. The molecule has 0 spiro atoms. The van der Waals surface area contributed by atoms with Gasteiger partial charge in [-0.05, 0) is 131 Å². The second-order valence-electron chi connectivity index (χ2n) is 22.1. The average molecular weight is 868 g/mol. The molecule has 16 rings (SSSR count). The number of rotatable bonds is 1. The highest BCUT2D eigenvalue weighted by Gasteiger charge is 2.43. The standard InChI is InChI=1S/C64H46BN3/c1-63(2,3)37-23-28-51-46(31-37)47-32-38(64(4,5)6)24-29-52(47)66(51)39-33-54-60-55(34-39)68-53-27-22-35-15-13-20-43-41-17-9-10-18-42(41)44-25-26-48(61(68)58(44)59(53)56(35)43)65(60)49-30-36-14-7-8-16-40(36)57-45-19-11-12-21-50(45)67(54)62(49)57/h7-34H,1-6H3. The Morgan fingerprint density at radius 1 is 0.353 bits per heavy atom. The van der Waals surface area contributed by atoms with Gasteiger partial charge < -0.3 is 13.7 Å². The largest absolute Gasteiger partial charge is 0.310 e. The van der Waals surface area contributed by atoms with E-state index in [1.165, 1.54) is 154 Å². The van der Waals surface area contributed by atoms with E-state index < -0.39 is 0 Å². The zero-order chi connectivity index (χ0) is 45.3. The van der Waals surface area contributed by atoms with Gasteiger partial charge in [0.1, 0.15) is 0 Å². The van der Waals surface area contributed by atoms with Crippen molar-refractivity contribution >= 4 is 110 Å². The van der Waals surface area contributed by atoms with Gasteiger partial charge in [-0.3, -0.25) is 0 Å². The Morgan fingerprint density at radius 3 is 1.62 bits per heavy atom. The van der Waals surface area contributed by atoms with E-state index in [2.05, 4.69) is 225 Å². The lowest BCUT2D eigenvalue weighted by Gasteiger charge is -2.35. The quantitative estimate of drug-likeness (QED) is 0.146. The van der Waals surface area contributed by atoms with Crippen LogP contribution in [-0.4, -0.2) is 20.4 Å². The molecule has 4 heteroatoms. The molecule has 0 fully saturated rings. The molecule has 10 aromatic carbocycles. The Kier molecular flexibility index (Phi) is 6.69. The highest BCUT2D eigenvalue weighted by Crippen LogP contribution is 2.51. The molecule has 0 unspecified atom stereocenters. The number of hydrogen-bond acceptors (Lipinski definition) is 0. The van der Waals surface area contributed by atoms with Crippen molar-refractivity contribution in [3.8, 4) is 39.3 Å². The van der Waals surface area contributed by atoms with E-state index in [1.807, 2.05) is 0 Å². The van der Waals surface area contributed by atoms with Crippen molar-refractivity contribution in [3.05, 3.63) is 181 Å². The number of fused-ring (bicyclic) bond motifs is 16. The fraction of sp³-hybridized carbons (Fsp3) is 0.125. The summed E-state index contributed by atoms with van der Waals surface area (Å²) in [5, 5.41) is 13.2. The van der Waals surface area contributed by atoms with Gasteiger partial charge in [-0.2, -0.15) is 0 Å². The molecular weight excluding hydrogens is 822 g/mol. The van der Waals surface area contributed by atoms with Crippen LogP contribution in [0.2, 0.25) is 0 Å². The molecule has 1 aliphatic carbocycles. The van der Waals surface area contributed by atoms with E-state index in [1.54, 1.807) is 0 Å². The summed E-state index contributed by atoms with van der Waals surface area (Å²) in [5.74, 6) is 0. The molecule has 0 bridgehead atoms. The smallest absolute Gasteiger partial charge is 0.252 e. The van der Waals surface area contributed by atoms with Crippen LogP contribution in [0.4, 0.5) is 0 Å². The van der Waals surface area contributed by atoms with Crippen molar-refractivity contribution < 1.29 is 0 Å². The van der Waals surface area contributed by atoms with Crippen LogP contribution in [0, 0.1) is 0 Å². The van der Waals surface area contributed by atoms with Crippen molar-refractivity contribution in [1.29, 1.82) is 0 Å². The molecular formula is C64H46BN3. The Hall–Kier alpha value is -7.82. The number of para-hydroxylation sites is 1. The van der Waals surface area contributed by atoms with Crippen LogP contribution < -0.4 is 16.4 Å². The third-order valence-electron chi connectivity index (χ3n) is 16.4. The lowest BCUT2D eigenvalue weighted by molar-refractivity contribution is 0.590. The van der Waals surface area contributed by atoms with E-state index in [-0.39, 0.29) is 17.5 Å². The monoisotopic (exact) mass is 867 g/mol. The van der Waals surface area contributed by atoms with Gasteiger partial charge in [0.2, 0.25) is 0 Å². The minimum Gasteiger partial charge on any atom is -0.310 e. The van der Waals surface area contributed by atoms with Crippen LogP contribution in [0.3, 0.4) is 0 Å². The molecule has 0 saturated heterocycles. The predicted octanol–water partition coefficient (Wildman–Crippen LogP) is 14.7. The van der Waals surface area contributed by atoms with E-state index in [0.717, 1.165) is 0 Å². The summed E-state index contributed by atoms with van der Waals surface area (Å²) in [6.07, 6.45) is 0. The van der Waals surface area contributed by atoms with E-state index in [0.29, 0.717) is 0 Å². The summed E-state index contributed by atoms with van der Waals surface area (Å²) in [6, 6.07) is 66.0. The van der Waals surface area contributed by atoms with Gasteiger partial charge in [-0.1, -0.05) is 163 Å². The van der Waals surface area contributed by atoms with Gasteiger partial charge in [0.15, 0.2) is 0 Å². The third kappa shape index (κ3) is 4.43. The molecule has 0 saturated carbocycles. The minimum atomic E-state index is 0.00783. The number of aromatic nitrogens is 3. The van der Waals surface area contributed by atoms with E-state index in [4.69, 9.17) is 0 Å². The molecule has 0 amide bonds. The van der Waals surface area contributed by atoms with Crippen LogP contribution in [-0.2, 0) is 10.8 Å². The van der Waals surface area contributed by atoms with Crippen molar-refractivity contribution in [1.82, 2.24) is 13.7 Å². The summed E-state index contributed by atoms with van der Waals surface area (Å²) in [7, 11) is 0. The first kappa shape index (κ1) is 37.3. The molecule has 2 aliphatic heterocycles. The Balaban J connectivity index is 1.13. The molecule has 68 heavy (non-hydrogen) atoms. The molecule has 13 aromatic rings. The third-order valence-corrected chi connectivity index (χ3v) is 16.4. The van der Waals surface area contributed by atoms with Crippen LogP contribution in [0.5, 0.6) is 0 Å². The first-order valence-corrected chi connectivity index (χ1v) is 24.4. The van der Waals surface area contributed by atoms with Crippen molar-refractivity contribution in [2.75, 3.05) is 0 Å². The molecule has 3 aromatic heterocycles. The van der Waals surface area contributed by atoms with Crippen LogP contribution in [0.1, 0.15) is 52.7 Å². The SMILES string of the molecule is CC(C)(C)c1ccc2c(c1)c1cc(C(C)(C)C)ccc1n2-c1cc2c3c(c1)-n1c4ccccc4c4c5ccccc5cc(c41)B3c1ccc3c4c5c6c(cccc6ccc5n-2c14)-c1ccccc1-3. The lowest BCUT2D eigenvalue weighted by Crippen LogP contribution is -2.59. The van der Waals surface area contributed by atoms with Gasteiger partial charge >= 0.3 is 0 Å². The maximum Gasteiger partial charge on any atom is 0.252 e. The molecule has 5 heterocycles. The van der Waals surface area contributed by atoms with Gasteiger partial charge in [-0.25, -0.2) is 0 Å². The first-order chi connectivity index (χ1) is 33.0. The first-order valence-electron chi connectivity index (χ1n) is 24.4. The molecule has 0 atom stereocenters. The molecule has 3 aliphatic rings. The Bertz CT molecular complexity index is 4450. The fourth-order valence-corrected chi connectivity index (χ4v) is 13.4. The lowest BCUT2D eigenvalue weighted by atomic mass is 9.34. The summed E-state index contributed by atoms with van der Waals surface area (Å²) in [5.41, 5.74) is 23.4. The van der Waals surface area contributed by atoms with Gasteiger partial charge in [0.25, 0.3) is 6.71 Å². The van der Waals surface area contributed by atoms with Crippen LogP contribution in [0.25, 0.3) is 126 Å². The van der Waals surface area contributed by atoms with Gasteiger partial charge in [0.05, 0.1) is 38.8 Å². The van der Waals surface area contributed by atoms with Gasteiger partial charge in [0, 0.05) is 43.7 Å². The molecule has 3 nitrogen and oxygen atoms in total.